The van der Waals surface area contributed by atoms with E-state index in [0.717, 1.165) is 18.2 Å². The van der Waals surface area contributed by atoms with E-state index >= 15 is 0 Å². The summed E-state index contributed by atoms with van der Waals surface area (Å²) in [6, 6.07) is 2.85. The van der Waals surface area contributed by atoms with E-state index in [1.54, 1.807) is 17.8 Å². The molecule has 1 aromatic heterocycles. The predicted octanol–water partition coefficient (Wildman–Crippen LogP) is 0.512. The largest absolute Gasteiger partial charge is 0.502 e. The number of phenols is 1. The molecular weight excluding hydrogens is 300 g/mol. The van der Waals surface area contributed by atoms with Crippen LogP contribution in [0.1, 0.15) is 5.82 Å². The minimum absolute atomic E-state index is 0.0551. The first-order valence-electron chi connectivity index (χ1n) is 5.74. The summed E-state index contributed by atoms with van der Waals surface area (Å²) in [5.41, 5.74) is -0.671. The van der Waals surface area contributed by atoms with Gasteiger partial charge in [-0.05, 0) is 12.1 Å². The van der Waals surface area contributed by atoms with E-state index in [1.807, 2.05) is 0 Å². The van der Waals surface area contributed by atoms with Crippen molar-refractivity contribution in [2.24, 2.45) is 7.05 Å². The number of nitrogens with one attached hydrogen (secondary N) is 1. The number of aromatic nitrogens is 2. The number of rotatable bonds is 5. The molecule has 0 unspecified atom stereocenters. The zero-order valence-corrected chi connectivity index (χ0v) is 11.7. The Balaban J connectivity index is 2.26. The SMILES string of the molecule is Cn1ccnc1CNS(=O)(=O)c1ccc(O)c([N+](=O)[O-])c1. The molecule has 9 nitrogen and oxygen atoms in total. The van der Waals surface area contributed by atoms with Crippen molar-refractivity contribution in [2.45, 2.75) is 11.4 Å². The molecule has 10 heteroatoms. The second kappa shape index (κ2) is 5.50. The zero-order valence-electron chi connectivity index (χ0n) is 10.9. The first-order valence-corrected chi connectivity index (χ1v) is 7.23. The van der Waals surface area contributed by atoms with Gasteiger partial charge in [0, 0.05) is 25.5 Å². The van der Waals surface area contributed by atoms with Crippen molar-refractivity contribution in [3.05, 3.63) is 46.5 Å². The number of hydrogen-bond acceptors (Lipinski definition) is 6. The normalized spacial score (nSPS) is 11.5. The predicted molar refractivity (Wildman–Crippen MR) is 72.0 cm³/mol. The summed E-state index contributed by atoms with van der Waals surface area (Å²) >= 11 is 0. The second-order valence-corrected chi connectivity index (χ2v) is 5.95. The van der Waals surface area contributed by atoms with Gasteiger partial charge in [-0.2, -0.15) is 0 Å². The third kappa shape index (κ3) is 3.17. The smallest absolute Gasteiger partial charge is 0.312 e. The Kier molecular flexibility index (Phi) is 3.91. The highest BCUT2D eigenvalue weighted by molar-refractivity contribution is 7.89. The van der Waals surface area contributed by atoms with Gasteiger partial charge in [-0.1, -0.05) is 0 Å². The molecule has 2 N–H and O–H groups in total. The van der Waals surface area contributed by atoms with Crippen LogP contribution in [0, 0.1) is 10.1 Å². The van der Waals surface area contributed by atoms with E-state index in [4.69, 9.17) is 0 Å². The average Bonchev–Trinajstić information content (AvgIpc) is 2.82. The zero-order chi connectivity index (χ0) is 15.6. The van der Waals surface area contributed by atoms with Crippen LogP contribution in [-0.2, 0) is 23.6 Å². The van der Waals surface area contributed by atoms with E-state index in [9.17, 15) is 23.6 Å². The highest BCUT2D eigenvalue weighted by Gasteiger charge is 2.21. The summed E-state index contributed by atoms with van der Waals surface area (Å²) in [5, 5.41) is 20.0. The summed E-state index contributed by atoms with van der Waals surface area (Å²) in [7, 11) is -2.23. The lowest BCUT2D eigenvalue weighted by molar-refractivity contribution is -0.386. The molecule has 0 atom stereocenters. The van der Waals surface area contributed by atoms with Crippen molar-refractivity contribution < 1.29 is 18.4 Å². The third-order valence-corrected chi connectivity index (χ3v) is 4.19. The van der Waals surface area contributed by atoms with E-state index in [-0.39, 0.29) is 11.4 Å². The maximum atomic E-state index is 12.1. The molecule has 1 aromatic carbocycles. The van der Waals surface area contributed by atoms with E-state index < -0.39 is 26.4 Å². The number of phenolic OH excluding ortho intramolecular Hbond substituents is 1. The molecule has 0 aliphatic carbocycles. The van der Waals surface area contributed by atoms with Crippen molar-refractivity contribution in [1.29, 1.82) is 0 Å². The maximum absolute atomic E-state index is 12.1. The van der Waals surface area contributed by atoms with Crippen LogP contribution in [0.5, 0.6) is 5.75 Å². The van der Waals surface area contributed by atoms with Crippen LogP contribution in [0.25, 0.3) is 0 Å². The van der Waals surface area contributed by atoms with E-state index in [2.05, 4.69) is 9.71 Å². The molecular formula is C11H12N4O5S. The molecule has 112 valence electrons. The minimum atomic E-state index is -3.94. The van der Waals surface area contributed by atoms with Gasteiger partial charge in [0.1, 0.15) is 5.82 Å². The molecule has 0 bridgehead atoms. The van der Waals surface area contributed by atoms with E-state index in [0.29, 0.717) is 5.82 Å². The highest BCUT2D eigenvalue weighted by atomic mass is 32.2. The van der Waals surface area contributed by atoms with Gasteiger partial charge in [0.25, 0.3) is 0 Å². The van der Waals surface area contributed by atoms with Crippen LogP contribution in [0.2, 0.25) is 0 Å². The van der Waals surface area contributed by atoms with E-state index in [1.165, 1.54) is 6.20 Å². The van der Waals surface area contributed by atoms with Gasteiger partial charge in [0.2, 0.25) is 10.0 Å². The van der Waals surface area contributed by atoms with Gasteiger partial charge >= 0.3 is 5.69 Å². The van der Waals surface area contributed by atoms with Crippen molar-refractivity contribution in [1.82, 2.24) is 14.3 Å². The quantitative estimate of drug-likeness (QED) is 0.611. The molecule has 0 amide bonds. The fourth-order valence-corrected chi connectivity index (χ4v) is 2.63. The Morgan fingerprint density at radius 1 is 1.48 bits per heavy atom. The summed E-state index contributed by atoms with van der Waals surface area (Å²) in [5.74, 6) is -0.102. The summed E-state index contributed by atoms with van der Waals surface area (Å²) in [6.45, 7) is -0.0551. The van der Waals surface area contributed by atoms with Crippen LogP contribution >= 0.6 is 0 Å². The fourth-order valence-electron chi connectivity index (χ4n) is 1.63. The number of nitro groups is 1. The van der Waals surface area contributed by atoms with Crippen molar-refractivity contribution in [3.63, 3.8) is 0 Å². The van der Waals surface area contributed by atoms with Gasteiger partial charge in [-0.25, -0.2) is 18.1 Å². The van der Waals surface area contributed by atoms with Gasteiger partial charge in [0.15, 0.2) is 5.75 Å². The molecule has 0 aliphatic heterocycles. The number of nitro benzene ring substituents is 1. The molecule has 0 saturated carbocycles. The van der Waals surface area contributed by atoms with Crippen molar-refractivity contribution in [2.75, 3.05) is 0 Å². The Hall–Kier alpha value is -2.46. The summed E-state index contributed by atoms with van der Waals surface area (Å²) < 4.78 is 28.1. The number of hydrogen-bond donors (Lipinski definition) is 2. The number of aryl methyl sites for hydroxylation is 1. The van der Waals surface area contributed by atoms with Crippen LogP contribution in [-0.4, -0.2) is 28.0 Å². The number of benzene rings is 1. The topological polar surface area (TPSA) is 127 Å². The Morgan fingerprint density at radius 3 is 2.76 bits per heavy atom. The van der Waals surface area contributed by atoms with Crippen LogP contribution in [0.15, 0.2) is 35.5 Å². The first kappa shape index (κ1) is 14.9. The lowest BCUT2D eigenvalue weighted by Gasteiger charge is -2.07. The van der Waals surface area contributed by atoms with Gasteiger partial charge < -0.3 is 9.67 Å². The number of sulfonamides is 1. The average molecular weight is 312 g/mol. The Labute approximate surface area is 120 Å². The molecule has 2 rings (SSSR count). The van der Waals surface area contributed by atoms with Crippen molar-refractivity contribution in [3.8, 4) is 5.75 Å². The molecule has 0 radical (unpaired) electrons. The minimum Gasteiger partial charge on any atom is -0.502 e. The molecule has 0 saturated heterocycles. The number of imidazole rings is 1. The standard InChI is InChI=1S/C11H12N4O5S/c1-14-5-4-12-11(14)7-13-21(19,20)8-2-3-10(16)9(6-8)15(17)18/h2-6,13,16H,7H2,1H3. The lowest BCUT2D eigenvalue weighted by atomic mass is 10.3. The first-order chi connectivity index (χ1) is 9.81. The van der Waals surface area contributed by atoms with Gasteiger partial charge in [0.05, 0.1) is 16.4 Å². The number of nitrogens with zero attached hydrogens (tertiary/aromatic N) is 3. The third-order valence-electron chi connectivity index (χ3n) is 2.80. The van der Waals surface area contributed by atoms with Crippen molar-refractivity contribution >= 4 is 15.7 Å². The monoisotopic (exact) mass is 312 g/mol. The molecule has 21 heavy (non-hydrogen) atoms. The molecule has 0 spiro atoms. The van der Waals surface area contributed by atoms with Crippen LogP contribution in [0.4, 0.5) is 5.69 Å². The molecule has 0 aliphatic rings. The second-order valence-electron chi connectivity index (χ2n) is 4.19. The Morgan fingerprint density at radius 2 is 2.19 bits per heavy atom. The summed E-state index contributed by atoms with van der Waals surface area (Å²) in [6.07, 6.45) is 3.18. The Bertz CT molecular complexity index is 784. The maximum Gasteiger partial charge on any atom is 0.312 e. The fraction of sp³-hybridized carbons (Fsp3) is 0.182. The lowest BCUT2D eigenvalue weighted by Crippen LogP contribution is -2.24. The molecule has 0 fully saturated rings. The highest BCUT2D eigenvalue weighted by Crippen LogP contribution is 2.28. The molecule has 1 heterocycles. The van der Waals surface area contributed by atoms with Gasteiger partial charge in [-0.3, -0.25) is 10.1 Å². The number of aromatic hydroxyl groups is 1. The van der Waals surface area contributed by atoms with Crippen LogP contribution in [0.3, 0.4) is 0 Å². The van der Waals surface area contributed by atoms with Gasteiger partial charge in [-0.15, -0.1) is 0 Å². The molecule has 2 aromatic rings. The van der Waals surface area contributed by atoms with Crippen LogP contribution < -0.4 is 4.72 Å². The summed E-state index contributed by atoms with van der Waals surface area (Å²) in [4.78, 5) is 13.5.